The second-order valence-corrected chi connectivity index (χ2v) is 2.43. The minimum Gasteiger partial charge on any atom is -0.465 e. The van der Waals surface area contributed by atoms with Crippen molar-refractivity contribution >= 4 is 29.0 Å². The second kappa shape index (κ2) is 4.50. The lowest BCUT2D eigenvalue weighted by Gasteiger charge is -1.98. The summed E-state index contributed by atoms with van der Waals surface area (Å²) in [5.41, 5.74) is 1.05. The summed E-state index contributed by atoms with van der Waals surface area (Å²) in [6.07, 6.45) is 0. The van der Waals surface area contributed by atoms with E-state index in [1.807, 2.05) is 0 Å². The molecule has 0 N–H and O–H groups in total. The van der Waals surface area contributed by atoms with Gasteiger partial charge in [0.1, 0.15) is 0 Å². The lowest BCUT2D eigenvalue weighted by molar-refractivity contribution is 0.0601. The smallest absolute Gasteiger partial charge is 0.337 e. The molecule has 0 aromatic heterocycles. The molecule has 0 bridgehead atoms. The van der Waals surface area contributed by atoms with Crippen LogP contribution in [0.1, 0.15) is 10.4 Å². The number of carbonyl (C=O) groups is 1. The molecule has 4 heteroatoms. The number of benzene rings is 1. The van der Waals surface area contributed by atoms with E-state index in [-0.39, 0.29) is 5.97 Å². The van der Waals surface area contributed by atoms with Gasteiger partial charge in [-0.05, 0) is 30.4 Å². The summed E-state index contributed by atoms with van der Waals surface area (Å²) in [7, 11) is 1.33. The van der Waals surface area contributed by atoms with Gasteiger partial charge >= 0.3 is 5.97 Å². The third kappa shape index (κ3) is 2.47. The minimum atomic E-state index is -0.388. The Bertz CT molecular complexity index is 370. The molecular weight excluding hydrogens is 186 g/mol. The van der Waals surface area contributed by atoms with E-state index in [2.05, 4.69) is 27.1 Å². The fourth-order valence-electron chi connectivity index (χ4n) is 0.873. The number of nitrogens with zero attached hydrogens (tertiary/aromatic N) is 1. The fraction of sp³-hybridized carbons (Fsp3) is 0.111. The number of isothiocyanates is 1. The van der Waals surface area contributed by atoms with E-state index in [0.29, 0.717) is 11.3 Å². The van der Waals surface area contributed by atoms with Gasteiger partial charge in [-0.15, -0.1) is 0 Å². The third-order valence-corrected chi connectivity index (χ3v) is 1.53. The zero-order valence-corrected chi connectivity index (χ0v) is 7.80. The summed E-state index contributed by atoms with van der Waals surface area (Å²) in [6.45, 7) is 0. The molecule has 0 amide bonds. The first-order valence-corrected chi connectivity index (χ1v) is 3.95. The van der Waals surface area contributed by atoms with E-state index in [1.165, 1.54) is 7.11 Å². The van der Waals surface area contributed by atoms with Crippen molar-refractivity contribution in [2.45, 2.75) is 0 Å². The molecule has 0 radical (unpaired) electrons. The fourth-order valence-corrected chi connectivity index (χ4v) is 0.978. The maximum atomic E-state index is 11.1. The van der Waals surface area contributed by atoms with Gasteiger partial charge in [-0.1, -0.05) is 6.07 Å². The molecule has 1 rings (SSSR count). The van der Waals surface area contributed by atoms with Crippen LogP contribution in [-0.4, -0.2) is 18.2 Å². The highest BCUT2D eigenvalue weighted by atomic mass is 32.1. The zero-order valence-electron chi connectivity index (χ0n) is 6.98. The molecule has 1 aromatic rings. The Morgan fingerprint density at radius 1 is 1.62 bits per heavy atom. The van der Waals surface area contributed by atoms with Crippen molar-refractivity contribution in [1.29, 1.82) is 0 Å². The SMILES string of the molecule is COC(=O)c1cccc(N=C=S)c1. The van der Waals surface area contributed by atoms with E-state index >= 15 is 0 Å². The standard InChI is InChI=1S/C9H7NO2S/c1-12-9(11)7-3-2-4-8(5-7)10-6-13/h2-5H,1H3. The van der Waals surface area contributed by atoms with Crippen molar-refractivity contribution in [2.24, 2.45) is 4.99 Å². The molecule has 0 saturated carbocycles. The summed E-state index contributed by atoms with van der Waals surface area (Å²) >= 11 is 4.44. The van der Waals surface area contributed by atoms with Crippen LogP contribution in [0, 0.1) is 0 Å². The number of rotatable bonds is 2. The number of esters is 1. The Balaban J connectivity index is 3.04. The molecule has 0 saturated heterocycles. The maximum absolute atomic E-state index is 11.1. The number of carbonyl (C=O) groups excluding carboxylic acids is 1. The van der Waals surface area contributed by atoms with Gasteiger partial charge in [-0.25, -0.2) is 4.79 Å². The van der Waals surface area contributed by atoms with Crippen LogP contribution in [0.15, 0.2) is 29.3 Å². The van der Waals surface area contributed by atoms with Gasteiger partial charge in [0.15, 0.2) is 0 Å². The molecule has 0 aliphatic carbocycles. The first-order chi connectivity index (χ1) is 6.27. The highest BCUT2D eigenvalue weighted by Crippen LogP contribution is 2.13. The van der Waals surface area contributed by atoms with Gasteiger partial charge in [0.2, 0.25) is 0 Å². The van der Waals surface area contributed by atoms with Crippen LogP contribution in [0.2, 0.25) is 0 Å². The van der Waals surface area contributed by atoms with Crippen LogP contribution in [0.4, 0.5) is 5.69 Å². The number of thiocarbonyl (C=S) groups is 1. The number of hydrogen-bond donors (Lipinski definition) is 0. The molecule has 13 heavy (non-hydrogen) atoms. The Labute approximate surface area is 81.1 Å². The van der Waals surface area contributed by atoms with Crippen LogP contribution < -0.4 is 0 Å². The third-order valence-electron chi connectivity index (χ3n) is 1.44. The average Bonchev–Trinajstić information content (AvgIpc) is 2.18. The lowest BCUT2D eigenvalue weighted by atomic mass is 10.2. The summed E-state index contributed by atoms with van der Waals surface area (Å²) < 4.78 is 4.54. The van der Waals surface area contributed by atoms with Gasteiger partial charge in [0.25, 0.3) is 0 Å². The van der Waals surface area contributed by atoms with Crippen LogP contribution >= 0.6 is 12.2 Å². The monoisotopic (exact) mass is 193 g/mol. The number of hydrogen-bond acceptors (Lipinski definition) is 4. The molecule has 0 atom stereocenters. The average molecular weight is 193 g/mol. The predicted octanol–water partition coefficient (Wildman–Crippen LogP) is 2.21. The van der Waals surface area contributed by atoms with Crippen molar-refractivity contribution in [3.8, 4) is 0 Å². The highest BCUT2D eigenvalue weighted by molar-refractivity contribution is 7.78. The van der Waals surface area contributed by atoms with Crippen molar-refractivity contribution in [3.63, 3.8) is 0 Å². The molecule has 0 spiro atoms. The van der Waals surface area contributed by atoms with Crippen LogP contribution in [0.3, 0.4) is 0 Å². The van der Waals surface area contributed by atoms with Gasteiger partial charge in [0, 0.05) is 0 Å². The summed E-state index contributed by atoms with van der Waals surface area (Å²) in [4.78, 5) is 14.8. The Kier molecular flexibility index (Phi) is 3.31. The van der Waals surface area contributed by atoms with E-state index in [1.54, 1.807) is 24.3 Å². The maximum Gasteiger partial charge on any atom is 0.337 e. The van der Waals surface area contributed by atoms with Crippen LogP contribution in [0.25, 0.3) is 0 Å². The molecule has 0 heterocycles. The highest BCUT2D eigenvalue weighted by Gasteiger charge is 2.04. The van der Waals surface area contributed by atoms with E-state index in [4.69, 9.17) is 0 Å². The number of methoxy groups -OCH3 is 1. The molecule has 0 aliphatic rings. The van der Waals surface area contributed by atoms with E-state index in [9.17, 15) is 4.79 Å². The molecule has 0 unspecified atom stereocenters. The predicted molar refractivity (Wildman–Crippen MR) is 52.5 cm³/mol. The topological polar surface area (TPSA) is 38.7 Å². The molecule has 0 fully saturated rings. The molecular formula is C9H7NO2S. The summed E-state index contributed by atoms with van der Waals surface area (Å²) in [5, 5.41) is 2.22. The van der Waals surface area contributed by atoms with Crippen molar-refractivity contribution < 1.29 is 9.53 Å². The van der Waals surface area contributed by atoms with Gasteiger partial charge in [0.05, 0.1) is 23.5 Å². The van der Waals surface area contributed by atoms with E-state index in [0.717, 1.165) is 0 Å². The largest absolute Gasteiger partial charge is 0.465 e. The summed E-state index contributed by atoms with van der Waals surface area (Å²) in [5.74, 6) is -0.388. The Morgan fingerprint density at radius 3 is 3.00 bits per heavy atom. The molecule has 0 aliphatic heterocycles. The molecule has 3 nitrogen and oxygen atoms in total. The first-order valence-electron chi connectivity index (χ1n) is 3.54. The quantitative estimate of drug-likeness (QED) is 0.410. The van der Waals surface area contributed by atoms with E-state index < -0.39 is 0 Å². The van der Waals surface area contributed by atoms with Crippen LogP contribution in [0.5, 0.6) is 0 Å². The number of aliphatic imine (C=N–C) groups is 1. The molecule has 66 valence electrons. The first kappa shape index (κ1) is 9.58. The van der Waals surface area contributed by atoms with Crippen molar-refractivity contribution in [2.75, 3.05) is 7.11 Å². The second-order valence-electron chi connectivity index (χ2n) is 2.25. The minimum absolute atomic E-state index is 0.388. The molecule has 1 aromatic carbocycles. The lowest BCUT2D eigenvalue weighted by Crippen LogP contribution is -1.99. The van der Waals surface area contributed by atoms with Gasteiger partial charge < -0.3 is 4.74 Å². The Hall–Kier alpha value is -1.51. The zero-order chi connectivity index (χ0) is 9.68. The number of ether oxygens (including phenoxy) is 1. The van der Waals surface area contributed by atoms with Gasteiger partial charge in [-0.2, -0.15) is 4.99 Å². The normalized spacial score (nSPS) is 8.69. The van der Waals surface area contributed by atoms with Crippen molar-refractivity contribution in [3.05, 3.63) is 29.8 Å². The Morgan fingerprint density at radius 2 is 2.38 bits per heavy atom. The summed E-state index contributed by atoms with van der Waals surface area (Å²) in [6, 6.07) is 6.67. The van der Waals surface area contributed by atoms with Gasteiger partial charge in [-0.3, -0.25) is 0 Å². The van der Waals surface area contributed by atoms with Crippen molar-refractivity contribution in [1.82, 2.24) is 0 Å². The van der Waals surface area contributed by atoms with Crippen LogP contribution in [-0.2, 0) is 4.74 Å².